The van der Waals surface area contributed by atoms with Gasteiger partial charge in [0.1, 0.15) is 12.4 Å². The summed E-state index contributed by atoms with van der Waals surface area (Å²) in [5.74, 6) is 0.0935. The summed E-state index contributed by atoms with van der Waals surface area (Å²) >= 11 is 0. The molecule has 0 saturated carbocycles. The van der Waals surface area contributed by atoms with E-state index >= 15 is 0 Å². The first kappa shape index (κ1) is 13.1. The second kappa shape index (κ2) is 5.98. The highest BCUT2D eigenvalue weighted by molar-refractivity contribution is 5.99. The van der Waals surface area contributed by atoms with Crippen molar-refractivity contribution < 1.29 is 14.3 Å². The van der Waals surface area contributed by atoms with E-state index in [2.05, 4.69) is 5.32 Å². The SMILES string of the molecule is N#Cc1ccc(OCCN2CC(=O)NC(=O)C2)cc1. The Bertz CT molecular complexity index is 503. The quantitative estimate of drug-likeness (QED) is 0.763. The number of benzene rings is 1. The summed E-state index contributed by atoms with van der Waals surface area (Å²) < 4.78 is 5.48. The second-order valence-electron chi connectivity index (χ2n) is 4.17. The molecule has 0 radical (unpaired) electrons. The Morgan fingerprint density at radius 3 is 2.42 bits per heavy atom. The minimum atomic E-state index is -0.283. The Kier molecular flexibility index (Phi) is 4.11. The van der Waals surface area contributed by atoms with Crippen molar-refractivity contribution in [3.8, 4) is 11.8 Å². The van der Waals surface area contributed by atoms with E-state index in [0.717, 1.165) is 0 Å². The topological polar surface area (TPSA) is 82.4 Å². The van der Waals surface area contributed by atoms with Crippen LogP contribution in [0.3, 0.4) is 0 Å². The monoisotopic (exact) mass is 259 g/mol. The van der Waals surface area contributed by atoms with Crippen LogP contribution in [0.2, 0.25) is 0 Å². The summed E-state index contributed by atoms with van der Waals surface area (Å²) in [7, 11) is 0. The molecule has 1 aromatic carbocycles. The molecule has 0 aromatic heterocycles. The number of hydrogen-bond donors (Lipinski definition) is 1. The molecule has 1 saturated heterocycles. The van der Waals surface area contributed by atoms with Crippen LogP contribution < -0.4 is 10.1 Å². The minimum Gasteiger partial charge on any atom is -0.492 e. The Hall–Kier alpha value is -2.39. The normalized spacial score (nSPS) is 15.7. The number of nitrogens with one attached hydrogen (secondary N) is 1. The molecule has 1 aliphatic rings. The van der Waals surface area contributed by atoms with Gasteiger partial charge in [-0.15, -0.1) is 0 Å². The van der Waals surface area contributed by atoms with Gasteiger partial charge in [0.2, 0.25) is 11.8 Å². The highest BCUT2D eigenvalue weighted by atomic mass is 16.5. The molecule has 0 atom stereocenters. The van der Waals surface area contributed by atoms with Crippen molar-refractivity contribution in [2.24, 2.45) is 0 Å². The number of amides is 2. The molecule has 0 bridgehead atoms. The van der Waals surface area contributed by atoms with Gasteiger partial charge in [0.15, 0.2) is 0 Å². The molecule has 6 heteroatoms. The fourth-order valence-electron chi connectivity index (χ4n) is 1.77. The fraction of sp³-hybridized carbons (Fsp3) is 0.308. The van der Waals surface area contributed by atoms with Crippen LogP contribution in [0.15, 0.2) is 24.3 Å². The van der Waals surface area contributed by atoms with E-state index in [-0.39, 0.29) is 24.9 Å². The van der Waals surface area contributed by atoms with E-state index in [1.165, 1.54) is 0 Å². The summed E-state index contributed by atoms with van der Waals surface area (Å²) in [5.41, 5.74) is 0.575. The molecule has 0 spiro atoms. The van der Waals surface area contributed by atoms with Gasteiger partial charge in [-0.25, -0.2) is 0 Å². The van der Waals surface area contributed by atoms with Crippen LogP contribution in [0.4, 0.5) is 0 Å². The summed E-state index contributed by atoms with van der Waals surface area (Å²) in [6.45, 7) is 1.30. The third-order valence-corrected chi connectivity index (χ3v) is 2.67. The number of carbonyl (C=O) groups is 2. The molecule has 1 aromatic rings. The molecule has 2 amide bonds. The lowest BCUT2D eigenvalue weighted by atomic mass is 10.2. The Morgan fingerprint density at radius 1 is 1.21 bits per heavy atom. The third-order valence-electron chi connectivity index (χ3n) is 2.67. The molecule has 2 rings (SSSR count). The molecule has 1 fully saturated rings. The van der Waals surface area contributed by atoms with Gasteiger partial charge in [-0.3, -0.25) is 19.8 Å². The van der Waals surface area contributed by atoms with Gasteiger partial charge in [-0.1, -0.05) is 0 Å². The first-order valence-corrected chi connectivity index (χ1v) is 5.85. The Morgan fingerprint density at radius 2 is 1.84 bits per heavy atom. The number of imide groups is 1. The average molecular weight is 259 g/mol. The van der Waals surface area contributed by atoms with E-state index in [4.69, 9.17) is 10.00 Å². The standard InChI is InChI=1S/C13H13N3O3/c14-7-10-1-3-11(4-2-10)19-6-5-16-8-12(17)15-13(18)9-16/h1-4H,5-6,8-9H2,(H,15,17,18). The highest BCUT2D eigenvalue weighted by Gasteiger charge is 2.21. The minimum absolute atomic E-state index is 0.211. The van der Waals surface area contributed by atoms with E-state index < -0.39 is 0 Å². The predicted octanol–water partition coefficient (Wildman–Crippen LogP) is -0.105. The maximum Gasteiger partial charge on any atom is 0.240 e. The van der Waals surface area contributed by atoms with Crippen LogP contribution in [0, 0.1) is 11.3 Å². The van der Waals surface area contributed by atoms with E-state index in [1.54, 1.807) is 29.2 Å². The average Bonchev–Trinajstić information content (AvgIpc) is 2.38. The lowest BCUT2D eigenvalue weighted by Gasteiger charge is -2.24. The molecular weight excluding hydrogens is 246 g/mol. The van der Waals surface area contributed by atoms with Gasteiger partial charge in [-0.2, -0.15) is 5.26 Å². The summed E-state index contributed by atoms with van der Waals surface area (Å²) in [4.78, 5) is 24.0. The van der Waals surface area contributed by atoms with Crippen molar-refractivity contribution in [1.29, 1.82) is 5.26 Å². The molecule has 1 heterocycles. The van der Waals surface area contributed by atoms with Crippen molar-refractivity contribution in [2.45, 2.75) is 0 Å². The number of carbonyl (C=O) groups excluding carboxylic acids is 2. The fourth-order valence-corrected chi connectivity index (χ4v) is 1.77. The molecular formula is C13H13N3O3. The van der Waals surface area contributed by atoms with E-state index in [0.29, 0.717) is 24.5 Å². The molecule has 0 aliphatic carbocycles. The van der Waals surface area contributed by atoms with Crippen LogP contribution in [0.1, 0.15) is 5.56 Å². The predicted molar refractivity (Wildman–Crippen MR) is 66.2 cm³/mol. The second-order valence-corrected chi connectivity index (χ2v) is 4.17. The van der Waals surface area contributed by atoms with Crippen LogP contribution >= 0.6 is 0 Å². The first-order valence-electron chi connectivity index (χ1n) is 5.85. The summed E-state index contributed by atoms with van der Waals surface area (Å²) in [6.07, 6.45) is 0. The van der Waals surface area contributed by atoms with Crippen molar-refractivity contribution >= 4 is 11.8 Å². The van der Waals surface area contributed by atoms with Gasteiger partial charge in [0, 0.05) is 6.54 Å². The van der Waals surface area contributed by atoms with Gasteiger partial charge < -0.3 is 4.74 Å². The number of ether oxygens (including phenoxy) is 1. The Balaban J connectivity index is 1.78. The van der Waals surface area contributed by atoms with Gasteiger partial charge in [0.25, 0.3) is 0 Å². The number of hydrogen-bond acceptors (Lipinski definition) is 5. The van der Waals surface area contributed by atoms with E-state index in [1.807, 2.05) is 6.07 Å². The smallest absolute Gasteiger partial charge is 0.240 e. The largest absolute Gasteiger partial charge is 0.492 e. The molecule has 98 valence electrons. The van der Waals surface area contributed by atoms with Gasteiger partial charge in [0.05, 0.1) is 24.7 Å². The zero-order valence-electron chi connectivity index (χ0n) is 10.3. The molecule has 0 unspecified atom stereocenters. The van der Waals surface area contributed by atoms with Gasteiger partial charge in [-0.05, 0) is 24.3 Å². The third kappa shape index (κ3) is 3.79. The lowest BCUT2D eigenvalue weighted by Crippen LogP contribution is -2.52. The summed E-state index contributed by atoms with van der Waals surface area (Å²) in [5, 5.41) is 10.9. The number of nitriles is 1. The lowest BCUT2D eigenvalue weighted by molar-refractivity contribution is -0.136. The molecule has 1 N–H and O–H groups in total. The van der Waals surface area contributed by atoms with Crippen LogP contribution in [-0.2, 0) is 9.59 Å². The number of piperazine rings is 1. The molecule has 6 nitrogen and oxygen atoms in total. The van der Waals surface area contributed by atoms with Crippen molar-refractivity contribution in [1.82, 2.24) is 10.2 Å². The highest BCUT2D eigenvalue weighted by Crippen LogP contribution is 2.11. The zero-order chi connectivity index (χ0) is 13.7. The maximum atomic E-state index is 11.1. The van der Waals surface area contributed by atoms with Crippen LogP contribution in [-0.4, -0.2) is 43.0 Å². The van der Waals surface area contributed by atoms with Crippen LogP contribution in [0.25, 0.3) is 0 Å². The van der Waals surface area contributed by atoms with Crippen LogP contribution in [0.5, 0.6) is 5.75 Å². The van der Waals surface area contributed by atoms with E-state index in [9.17, 15) is 9.59 Å². The maximum absolute atomic E-state index is 11.1. The molecule has 1 aliphatic heterocycles. The molecule has 19 heavy (non-hydrogen) atoms. The van der Waals surface area contributed by atoms with Crippen molar-refractivity contribution in [3.05, 3.63) is 29.8 Å². The summed E-state index contributed by atoms with van der Waals surface area (Å²) in [6, 6.07) is 8.80. The van der Waals surface area contributed by atoms with Gasteiger partial charge >= 0.3 is 0 Å². The number of rotatable bonds is 4. The Labute approximate surface area is 110 Å². The first-order chi connectivity index (χ1) is 9.17. The zero-order valence-corrected chi connectivity index (χ0v) is 10.3. The number of nitrogens with zero attached hydrogens (tertiary/aromatic N) is 2. The van der Waals surface area contributed by atoms with Crippen molar-refractivity contribution in [2.75, 3.05) is 26.2 Å². The van der Waals surface area contributed by atoms with Crippen molar-refractivity contribution in [3.63, 3.8) is 0 Å².